The molecular formula is C24H21N3O5S. The second-order valence-electron chi connectivity index (χ2n) is 6.71. The molecule has 0 amide bonds. The van der Waals surface area contributed by atoms with Gasteiger partial charge in [-0.15, -0.1) is 11.3 Å². The number of carbonyl (C=O) groups is 1. The molecule has 1 N–H and O–H groups in total. The van der Waals surface area contributed by atoms with Crippen molar-refractivity contribution in [2.24, 2.45) is 0 Å². The minimum absolute atomic E-state index is 0.266. The average Bonchev–Trinajstić information content (AvgIpc) is 3.32. The smallest absolute Gasteiger partial charge is 0.343 e. The van der Waals surface area contributed by atoms with Crippen molar-refractivity contribution < 1.29 is 23.7 Å². The van der Waals surface area contributed by atoms with Gasteiger partial charge < -0.3 is 24.3 Å². The van der Waals surface area contributed by atoms with Crippen LogP contribution in [0.5, 0.6) is 23.0 Å². The molecule has 0 spiro atoms. The predicted molar refractivity (Wildman–Crippen MR) is 126 cm³/mol. The summed E-state index contributed by atoms with van der Waals surface area (Å²) in [5, 5.41) is 5.86. The summed E-state index contributed by atoms with van der Waals surface area (Å²) in [5.74, 6) is 0.952. The lowest BCUT2D eigenvalue weighted by Crippen LogP contribution is -2.10. The number of benzene rings is 2. The molecule has 0 aliphatic heterocycles. The van der Waals surface area contributed by atoms with Crippen LogP contribution in [0, 0.1) is 0 Å². The number of methoxy groups -OCH3 is 3. The standard InChI is InChI=1S/C24H21N3O5S/c1-29-20-11-15(12-21(30-2)22(20)31-3)23(28)32-17-8-6-7-16(13-17)26-24-27-19(14-33-24)18-9-4-5-10-25-18/h4-14H,1-3H3,(H,26,27). The Kier molecular flexibility index (Phi) is 6.70. The third-order valence-corrected chi connectivity index (χ3v) is 5.39. The highest BCUT2D eigenvalue weighted by Gasteiger charge is 2.18. The third-order valence-electron chi connectivity index (χ3n) is 4.63. The van der Waals surface area contributed by atoms with Gasteiger partial charge in [0.1, 0.15) is 11.4 Å². The van der Waals surface area contributed by atoms with Gasteiger partial charge in [0.2, 0.25) is 5.75 Å². The number of ether oxygens (including phenoxy) is 4. The van der Waals surface area contributed by atoms with Crippen LogP contribution in [0.25, 0.3) is 11.4 Å². The van der Waals surface area contributed by atoms with Crippen LogP contribution in [0.15, 0.2) is 66.2 Å². The second-order valence-corrected chi connectivity index (χ2v) is 7.57. The molecule has 0 atom stereocenters. The molecule has 8 nitrogen and oxygen atoms in total. The maximum absolute atomic E-state index is 12.8. The zero-order valence-corrected chi connectivity index (χ0v) is 19.0. The average molecular weight is 464 g/mol. The number of esters is 1. The lowest BCUT2D eigenvalue weighted by atomic mass is 10.2. The van der Waals surface area contributed by atoms with Crippen molar-refractivity contribution in [3.63, 3.8) is 0 Å². The van der Waals surface area contributed by atoms with E-state index in [0.29, 0.717) is 28.1 Å². The van der Waals surface area contributed by atoms with Crippen molar-refractivity contribution >= 4 is 28.1 Å². The minimum Gasteiger partial charge on any atom is -0.493 e. The van der Waals surface area contributed by atoms with Gasteiger partial charge in [0, 0.05) is 23.3 Å². The molecule has 0 saturated heterocycles. The number of thiazole rings is 1. The van der Waals surface area contributed by atoms with E-state index in [1.807, 2.05) is 29.6 Å². The fourth-order valence-electron chi connectivity index (χ4n) is 3.09. The third kappa shape index (κ3) is 5.04. The molecule has 0 radical (unpaired) electrons. The minimum atomic E-state index is -0.557. The number of pyridine rings is 1. The highest BCUT2D eigenvalue weighted by molar-refractivity contribution is 7.14. The summed E-state index contributed by atoms with van der Waals surface area (Å²) in [6.45, 7) is 0. The quantitative estimate of drug-likeness (QED) is 0.282. The van der Waals surface area contributed by atoms with Gasteiger partial charge in [0.25, 0.3) is 0 Å². The molecule has 9 heteroatoms. The molecule has 4 aromatic rings. The molecule has 0 saturated carbocycles. The van der Waals surface area contributed by atoms with E-state index < -0.39 is 5.97 Å². The van der Waals surface area contributed by atoms with E-state index in [1.165, 1.54) is 32.7 Å². The molecular weight excluding hydrogens is 442 g/mol. The first-order valence-corrected chi connectivity index (χ1v) is 10.8. The van der Waals surface area contributed by atoms with Crippen LogP contribution in [0.4, 0.5) is 10.8 Å². The van der Waals surface area contributed by atoms with Gasteiger partial charge in [-0.25, -0.2) is 9.78 Å². The van der Waals surface area contributed by atoms with E-state index in [0.717, 1.165) is 17.1 Å². The second kappa shape index (κ2) is 10.0. The Morgan fingerprint density at radius 3 is 2.36 bits per heavy atom. The van der Waals surface area contributed by atoms with Crippen LogP contribution in [-0.2, 0) is 0 Å². The summed E-state index contributed by atoms with van der Waals surface area (Å²) in [6, 6.07) is 15.8. The van der Waals surface area contributed by atoms with Crippen LogP contribution in [0.3, 0.4) is 0 Å². The number of nitrogens with zero attached hydrogens (tertiary/aromatic N) is 2. The molecule has 33 heavy (non-hydrogen) atoms. The number of hydrogen-bond donors (Lipinski definition) is 1. The van der Waals surface area contributed by atoms with Crippen molar-refractivity contribution in [1.82, 2.24) is 9.97 Å². The summed E-state index contributed by atoms with van der Waals surface area (Å²) in [7, 11) is 4.47. The first-order valence-electron chi connectivity index (χ1n) is 9.87. The molecule has 2 aromatic carbocycles. The first-order chi connectivity index (χ1) is 16.1. The van der Waals surface area contributed by atoms with Crippen molar-refractivity contribution in [2.75, 3.05) is 26.6 Å². The number of anilines is 2. The van der Waals surface area contributed by atoms with Crippen molar-refractivity contribution in [3.8, 4) is 34.4 Å². The van der Waals surface area contributed by atoms with E-state index in [1.54, 1.807) is 36.5 Å². The lowest BCUT2D eigenvalue weighted by molar-refractivity contribution is 0.0734. The molecule has 0 bridgehead atoms. The predicted octanol–water partition coefficient (Wildman–Crippen LogP) is 5.19. The fraction of sp³-hybridized carbons (Fsp3) is 0.125. The number of nitrogens with one attached hydrogen (secondary N) is 1. The summed E-state index contributed by atoms with van der Waals surface area (Å²) in [4.78, 5) is 21.6. The van der Waals surface area contributed by atoms with Gasteiger partial charge in [-0.2, -0.15) is 0 Å². The molecule has 4 rings (SSSR count). The van der Waals surface area contributed by atoms with E-state index in [4.69, 9.17) is 18.9 Å². The lowest BCUT2D eigenvalue weighted by Gasteiger charge is -2.14. The summed E-state index contributed by atoms with van der Waals surface area (Å²) in [5.41, 5.74) is 2.58. The van der Waals surface area contributed by atoms with Crippen molar-refractivity contribution in [1.29, 1.82) is 0 Å². The molecule has 0 fully saturated rings. The Bertz CT molecular complexity index is 1230. The number of hydrogen-bond acceptors (Lipinski definition) is 9. The molecule has 168 valence electrons. The number of carbonyl (C=O) groups excluding carboxylic acids is 1. The fourth-order valence-corrected chi connectivity index (χ4v) is 3.81. The van der Waals surface area contributed by atoms with Crippen molar-refractivity contribution in [3.05, 3.63) is 71.7 Å². The largest absolute Gasteiger partial charge is 0.493 e. The molecule has 0 aliphatic rings. The Morgan fingerprint density at radius 2 is 1.70 bits per heavy atom. The van der Waals surface area contributed by atoms with Gasteiger partial charge >= 0.3 is 5.97 Å². The summed E-state index contributed by atoms with van der Waals surface area (Å²) in [6.07, 6.45) is 1.73. The normalized spacial score (nSPS) is 10.4. The SMILES string of the molecule is COc1cc(C(=O)Oc2cccc(Nc3nc(-c4ccccn4)cs3)c2)cc(OC)c1OC. The molecule has 2 heterocycles. The van der Waals surface area contributed by atoms with E-state index in [-0.39, 0.29) is 5.56 Å². The highest BCUT2D eigenvalue weighted by Crippen LogP contribution is 2.38. The Hall–Kier alpha value is -4.11. The zero-order valence-electron chi connectivity index (χ0n) is 18.2. The monoisotopic (exact) mass is 463 g/mol. The molecule has 0 aliphatic carbocycles. The van der Waals surface area contributed by atoms with Crippen LogP contribution in [-0.4, -0.2) is 37.3 Å². The Balaban J connectivity index is 1.50. The van der Waals surface area contributed by atoms with Gasteiger partial charge in [-0.05, 0) is 36.4 Å². The van der Waals surface area contributed by atoms with E-state index >= 15 is 0 Å². The summed E-state index contributed by atoms with van der Waals surface area (Å²) < 4.78 is 21.5. The summed E-state index contributed by atoms with van der Waals surface area (Å²) >= 11 is 1.46. The topological polar surface area (TPSA) is 91.8 Å². The van der Waals surface area contributed by atoms with Gasteiger partial charge in [0.15, 0.2) is 16.6 Å². The number of rotatable bonds is 8. The Morgan fingerprint density at radius 1 is 0.909 bits per heavy atom. The van der Waals surface area contributed by atoms with Crippen LogP contribution < -0.4 is 24.3 Å². The molecule has 2 aromatic heterocycles. The van der Waals surface area contributed by atoms with Gasteiger partial charge in [0.05, 0.1) is 32.6 Å². The molecule has 0 unspecified atom stereocenters. The van der Waals surface area contributed by atoms with Crippen molar-refractivity contribution in [2.45, 2.75) is 0 Å². The number of aromatic nitrogens is 2. The van der Waals surface area contributed by atoms with Gasteiger partial charge in [-0.1, -0.05) is 12.1 Å². The van der Waals surface area contributed by atoms with E-state index in [9.17, 15) is 4.79 Å². The van der Waals surface area contributed by atoms with E-state index in [2.05, 4.69) is 15.3 Å². The first kappa shape index (κ1) is 22.1. The maximum Gasteiger partial charge on any atom is 0.343 e. The van der Waals surface area contributed by atoms with Crippen LogP contribution >= 0.6 is 11.3 Å². The van der Waals surface area contributed by atoms with Gasteiger partial charge in [-0.3, -0.25) is 4.98 Å². The Labute approximate surface area is 194 Å². The maximum atomic E-state index is 12.8. The zero-order chi connectivity index (χ0) is 23.2. The van der Waals surface area contributed by atoms with Crippen LogP contribution in [0.1, 0.15) is 10.4 Å². The van der Waals surface area contributed by atoms with Crippen LogP contribution in [0.2, 0.25) is 0 Å². The highest BCUT2D eigenvalue weighted by atomic mass is 32.1.